The lowest BCUT2D eigenvalue weighted by molar-refractivity contribution is 0.0974. The zero-order chi connectivity index (χ0) is 14.3. The molecule has 1 radical (unpaired) electrons. The van der Waals surface area contributed by atoms with Gasteiger partial charge in [0, 0.05) is 0 Å². The van der Waals surface area contributed by atoms with E-state index in [9.17, 15) is 13.2 Å². The SMILES string of the molecule is CCCCOc1ccccc1C(=O)[N]S(=O)(=O)CC. The number of nitrogens with zero attached hydrogens (tertiary/aromatic N) is 1. The first-order valence-corrected chi connectivity index (χ1v) is 7.83. The normalized spacial score (nSPS) is 11.1. The van der Waals surface area contributed by atoms with Gasteiger partial charge in [-0.3, -0.25) is 4.79 Å². The fourth-order valence-corrected chi connectivity index (χ4v) is 1.82. The van der Waals surface area contributed by atoms with Crippen molar-refractivity contribution in [1.29, 1.82) is 0 Å². The molecule has 0 atom stereocenters. The summed E-state index contributed by atoms with van der Waals surface area (Å²) in [6, 6.07) is 6.52. The van der Waals surface area contributed by atoms with Crippen LogP contribution in [-0.4, -0.2) is 26.7 Å². The minimum atomic E-state index is -3.69. The average Bonchev–Trinajstić information content (AvgIpc) is 2.39. The smallest absolute Gasteiger partial charge is 0.291 e. The highest BCUT2D eigenvalue weighted by Crippen LogP contribution is 2.18. The summed E-state index contributed by atoms with van der Waals surface area (Å²) in [4.78, 5) is 11.8. The molecule has 0 heterocycles. The molecule has 0 saturated carbocycles. The Morgan fingerprint density at radius 3 is 2.58 bits per heavy atom. The lowest BCUT2D eigenvalue weighted by atomic mass is 10.2. The van der Waals surface area contributed by atoms with Crippen LogP contribution in [0.2, 0.25) is 0 Å². The summed E-state index contributed by atoms with van der Waals surface area (Å²) < 4.78 is 31.4. The molecule has 0 aliphatic rings. The molecule has 105 valence electrons. The van der Waals surface area contributed by atoms with Crippen molar-refractivity contribution in [3.63, 3.8) is 0 Å². The zero-order valence-corrected chi connectivity index (χ0v) is 11.9. The maximum atomic E-state index is 11.8. The van der Waals surface area contributed by atoms with E-state index in [1.54, 1.807) is 18.2 Å². The molecule has 1 aromatic carbocycles. The molecule has 0 fully saturated rings. The second-order valence-corrected chi connectivity index (χ2v) is 5.89. The summed E-state index contributed by atoms with van der Waals surface area (Å²) in [5.74, 6) is -0.609. The molecule has 0 spiro atoms. The third kappa shape index (κ3) is 4.90. The number of carbonyl (C=O) groups excluding carboxylic acids is 1. The van der Waals surface area contributed by atoms with Gasteiger partial charge in [0.1, 0.15) is 5.75 Å². The van der Waals surface area contributed by atoms with Crippen LogP contribution in [0.3, 0.4) is 0 Å². The van der Waals surface area contributed by atoms with Crippen LogP contribution in [0.4, 0.5) is 0 Å². The molecule has 1 amide bonds. The van der Waals surface area contributed by atoms with Gasteiger partial charge >= 0.3 is 0 Å². The van der Waals surface area contributed by atoms with Gasteiger partial charge in [-0.15, -0.1) is 4.72 Å². The van der Waals surface area contributed by atoms with Crippen molar-refractivity contribution in [3.8, 4) is 5.75 Å². The Hall–Kier alpha value is -1.56. The van der Waals surface area contributed by atoms with E-state index in [4.69, 9.17) is 4.74 Å². The molecule has 0 saturated heterocycles. The number of sulfonamides is 1. The number of amides is 1. The largest absolute Gasteiger partial charge is 0.493 e. The Morgan fingerprint density at radius 2 is 1.95 bits per heavy atom. The first-order valence-electron chi connectivity index (χ1n) is 6.22. The minimum Gasteiger partial charge on any atom is -0.493 e. The number of unbranched alkanes of at least 4 members (excludes halogenated alkanes) is 1. The fraction of sp³-hybridized carbons (Fsp3) is 0.462. The molecule has 0 bridgehead atoms. The second kappa shape index (κ2) is 7.13. The number of carbonyl (C=O) groups is 1. The summed E-state index contributed by atoms with van der Waals surface area (Å²) >= 11 is 0. The predicted molar refractivity (Wildman–Crippen MR) is 72.8 cm³/mol. The van der Waals surface area contributed by atoms with Crippen LogP contribution in [-0.2, 0) is 10.0 Å². The highest BCUT2D eigenvalue weighted by atomic mass is 32.2. The van der Waals surface area contributed by atoms with Crippen molar-refractivity contribution >= 4 is 15.9 Å². The van der Waals surface area contributed by atoms with E-state index in [0.29, 0.717) is 12.4 Å². The van der Waals surface area contributed by atoms with Crippen molar-refractivity contribution in [3.05, 3.63) is 29.8 Å². The van der Waals surface area contributed by atoms with Crippen molar-refractivity contribution in [2.24, 2.45) is 0 Å². The summed E-state index contributed by atoms with van der Waals surface area (Å²) in [5.41, 5.74) is 0.177. The van der Waals surface area contributed by atoms with Gasteiger partial charge in [0.2, 0.25) is 0 Å². The molecule has 0 aliphatic carbocycles. The minimum absolute atomic E-state index is 0.177. The Kier molecular flexibility index (Phi) is 5.82. The average molecular weight is 284 g/mol. The van der Waals surface area contributed by atoms with Crippen LogP contribution < -0.4 is 9.46 Å². The lowest BCUT2D eigenvalue weighted by Crippen LogP contribution is -2.25. The molecule has 0 aromatic heterocycles. The van der Waals surface area contributed by atoms with Crippen molar-refractivity contribution in [1.82, 2.24) is 4.72 Å². The number of benzene rings is 1. The van der Waals surface area contributed by atoms with Crippen LogP contribution in [0.1, 0.15) is 37.0 Å². The molecule has 6 heteroatoms. The molecule has 0 N–H and O–H groups in total. The Balaban J connectivity index is 2.84. The van der Waals surface area contributed by atoms with E-state index in [0.717, 1.165) is 12.8 Å². The van der Waals surface area contributed by atoms with Gasteiger partial charge in [-0.25, -0.2) is 8.42 Å². The summed E-state index contributed by atoms with van der Waals surface area (Å²) in [6.45, 7) is 3.96. The second-order valence-electron chi connectivity index (χ2n) is 3.97. The zero-order valence-electron chi connectivity index (χ0n) is 11.1. The Labute approximate surface area is 114 Å². The molecule has 5 nitrogen and oxygen atoms in total. The van der Waals surface area contributed by atoms with E-state index < -0.39 is 15.9 Å². The number of para-hydroxylation sites is 1. The highest BCUT2D eigenvalue weighted by Gasteiger charge is 2.19. The Morgan fingerprint density at radius 1 is 1.26 bits per heavy atom. The maximum Gasteiger partial charge on any atom is 0.291 e. The molecule has 0 unspecified atom stereocenters. The third-order valence-electron chi connectivity index (χ3n) is 2.46. The van der Waals surface area contributed by atoms with E-state index in [2.05, 4.69) is 4.72 Å². The van der Waals surface area contributed by atoms with Gasteiger partial charge in [-0.05, 0) is 25.5 Å². The Bertz CT molecular complexity index is 525. The van der Waals surface area contributed by atoms with Gasteiger partial charge in [-0.2, -0.15) is 0 Å². The van der Waals surface area contributed by atoms with E-state index in [1.165, 1.54) is 13.0 Å². The number of hydrogen-bond donors (Lipinski definition) is 0. The lowest BCUT2D eigenvalue weighted by Gasteiger charge is -2.09. The molecule has 19 heavy (non-hydrogen) atoms. The number of ether oxygens (including phenoxy) is 1. The van der Waals surface area contributed by atoms with Gasteiger partial charge < -0.3 is 4.74 Å². The van der Waals surface area contributed by atoms with Crippen LogP contribution in [0.5, 0.6) is 5.75 Å². The van der Waals surface area contributed by atoms with Crippen molar-refractivity contribution < 1.29 is 17.9 Å². The molecule has 0 aliphatic heterocycles. The highest BCUT2D eigenvalue weighted by molar-refractivity contribution is 7.89. The van der Waals surface area contributed by atoms with Crippen molar-refractivity contribution in [2.45, 2.75) is 26.7 Å². The van der Waals surface area contributed by atoms with Crippen LogP contribution >= 0.6 is 0 Å². The number of rotatable bonds is 7. The van der Waals surface area contributed by atoms with Gasteiger partial charge in [0.25, 0.3) is 15.9 Å². The summed E-state index contributed by atoms with van der Waals surface area (Å²) in [5, 5.41) is 0. The van der Waals surface area contributed by atoms with E-state index in [-0.39, 0.29) is 11.3 Å². The van der Waals surface area contributed by atoms with E-state index >= 15 is 0 Å². The topological polar surface area (TPSA) is 74.5 Å². The molecular formula is C13H18NO4S. The van der Waals surface area contributed by atoms with Gasteiger partial charge in [0.15, 0.2) is 0 Å². The summed E-state index contributed by atoms with van der Waals surface area (Å²) in [6.07, 6.45) is 1.84. The fourth-order valence-electron chi connectivity index (χ4n) is 1.34. The first kappa shape index (κ1) is 15.5. The standard InChI is InChI=1S/C13H18NO4S/c1-3-5-10-18-12-9-7-6-8-11(12)13(15)14-19(16,17)4-2/h6-9H,3-5,10H2,1-2H3. The maximum absolute atomic E-state index is 11.8. The van der Waals surface area contributed by atoms with Crippen LogP contribution in [0, 0.1) is 0 Å². The first-order chi connectivity index (χ1) is 9.00. The van der Waals surface area contributed by atoms with Crippen molar-refractivity contribution in [2.75, 3.05) is 12.4 Å². The van der Waals surface area contributed by atoms with Crippen LogP contribution in [0.25, 0.3) is 0 Å². The quantitative estimate of drug-likeness (QED) is 0.717. The van der Waals surface area contributed by atoms with Gasteiger partial charge in [-0.1, -0.05) is 25.5 Å². The number of hydrogen-bond acceptors (Lipinski definition) is 4. The molecular weight excluding hydrogens is 266 g/mol. The predicted octanol–water partition coefficient (Wildman–Crippen LogP) is 1.96. The molecule has 1 aromatic rings. The summed E-state index contributed by atoms with van der Waals surface area (Å²) in [7, 11) is -3.69. The van der Waals surface area contributed by atoms with Gasteiger partial charge in [0.05, 0.1) is 17.9 Å². The van der Waals surface area contributed by atoms with Crippen LogP contribution in [0.15, 0.2) is 24.3 Å². The molecule has 1 rings (SSSR count). The van der Waals surface area contributed by atoms with E-state index in [1.807, 2.05) is 6.92 Å². The monoisotopic (exact) mass is 284 g/mol. The third-order valence-corrected chi connectivity index (χ3v) is 3.63.